The molecule has 5 nitrogen and oxygen atoms in total. The lowest BCUT2D eigenvalue weighted by molar-refractivity contribution is -0.148. The molecule has 5 heteroatoms. The average molecular weight is 403 g/mol. The molecule has 0 aliphatic heterocycles. The topological polar surface area (TPSA) is 72.8 Å². The first-order valence-electron chi connectivity index (χ1n) is 10.4. The van der Waals surface area contributed by atoms with Gasteiger partial charge in [-0.25, -0.2) is 0 Å². The highest BCUT2D eigenvalue weighted by atomic mass is 16.5. The first-order valence-corrected chi connectivity index (χ1v) is 10.4. The van der Waals surface area contributed by atoms with Gasteiger partial charge in [0.1, 0.15) is 18.5 Å². The van der Waals surface area contributed by atoms with Gasteiger partial charge in [-0.15, -0.1) is 0 Å². The highest BCUT2D eigenvalue weighted by Crippen LogP contribution is 2.48. The maximum atomic E-state index is 11.6. The molecule has 0 saturated heterocycles. The Balaban J connectivity index is 2.40. The van der Waals surface area contributed by atoms with Crippen LogP contribution in [0.4, 0.5) is 0 Å². The summed E-state index contributed by atoms with van der Waals surface area (Å²) in [5.74, 6) is -0.0738. The largest absolute Gasteiger partial charge is 0.508 e. The molecule has 4 atom stereocenters. The van der Waals surface area contributed by atoms with Gasteiger partial charge in [0.15, 0.2) is 0 Å². The number of aromatic hydroxyl groups is 1. The SMILES string of the molecule is CC(=O)OCc1cc(O)c2c(c1)[C@H]([C@@H](C)CCC=C(C)C)C[C@H](OC(C)=O)[C@H]2C. The zero-order valence-electron chi connectivity index (χ0n) is 18.5. The van der Waals surface area contributed by atoms with E-state index in [0.29, 0.717) is 5.92 Å². The number of esters is 2. The fraction of sp³-hybridized carbons (Fsp3) is 0.583. The Morgan fingerprint density at radius 2 is 1.90 bits per heavy atom. The van der Waals surface area contributed by atoms with Gasteiger partial charge in [0.05, 0.1) is 0 Å². The summed E-state index contributed by atoms with van der Waals surface area (Å²) in [6, 6.07) is 3.69. The number of phenolic OH excluding ortho intramolecular Hbond substituents is 1. The van der Waals surface area contributed by atoms with Gasteiger partial charge < -0.3 is 14.6 Å². The first kappa shape index (κ1) is 23.0. The molecule has 0 spiro atoms. The molecule has 0 bridgehead atoms. The quantitative estimate of drug-likeness (QED) is 0.491. The molecule has 1 aliphatic carbocycles. The number of ether oxygens (including phenoxy) is 2. The van der Waals surface area contributed by atoms with Crippen molar-refractivity contribution in [2.24, 2.45) is 5.92 Å². The normalized spacial score (nSPS) is 21.7. The maximum absolute atomic E-state index is 11.6. The van der Waals surface area contributed by atoms with Gasteiger partial charge >= 0.3 is 11.9 Å². The van der Waals surface area contributed by atoms with E-state index in [4.69, 9.17) is 9.47 Å². The van der Waals surface area contributed by atoms with Crippen molar-refractivity contribution in [2.75, 3.05) is 0 Å². The number of allylic oxidation sites excluding steroid dienone is 2. The molecule has 29 heavy (non-hydrogen) atoms. The van der Waals surface area contributed by atoms with E-state index in [0.717, 1.165) is 36.0 Å². The number of fused-ring (bicyclic) bond motifs is 1. The number of benzene rings is 1. The Labute approximate surface area is 174 Å². The van der Waals surface area contributed by atoms with Crippen LogP contribution in [0.15, 0.2) is 23.8 Å². The second-order valence-corrected chi connectivity index (χ2v) is 8.51. The molecule has 0 unspecified atom stereocenters. The summed E-state index contributed by atoms with van der Waals surface area (Å²) in [6.07, 6.45) is 4.69. The van der Waals surface area contributed by atoms with Gasteiger partial charge in [-0.2, -0.15) is 0 Å². The standard InChI is InChI=1S/C24H34O5/c1-14(2)8-7-9-15(3)20-12-23(29-18(6)26)16(4)24-21(20)10-19(11-22(24)27)13-28-17(5)25/h8,10-11,15-16,20,23,27H,7,9,12-13H2,1-6H3/t15-,16+,20-,23-/m0/s1. The van der Waals surface area contributed by atoms with Crippen LogP contribution >= 0.6 is 0 Å². The Morgan fingerprint density at radius 3 is 2.48 bits per heavy atom. The molecule has 0 aromatic heterocycles. The lowest BCUT2D eigenvalue weighted by Crippen LogP contribution is -2.33. The summed E-state index contributed by atoms with van der Waals surface area (Å²) in [4.78, 5) is 22.8. The van der Waals surface area contributed by atoms with E-state index in [2.05, 4.69) is 26.8 Å². The predicted molar refractivity (Wildman–Crippen MR) is 113 cm³/mol. The zero-order valence-corrected chi connectivity index (χ0v) is 18.5. The molecular formula is C24H34O5. The minimum absolute atomic E-state index is 0.0992. The van der Waals surface area contributed by atoms with Gasteiger partial charge in [0.25, 0.3) is 0 Å². The minimum atomic E-state index is -0.350. The first-order chi connectivity index (χ1) is 13.6. The smallest absolute Gasteiger partial charge is 0.302 e. The molecule has 160 valence electrons. The highest BCUT2D eigenvalue weighted by molar-refractivity contribution is 5.67. The Kier molecular flexibility index (Phi) is 7.88. The lowest BCUT2D eigenvalue weighted by atomic mass is 9.69. The van der Waals surface area contributed by atoms with Crippen LogP contribution in [0, 0.1) is 5.92 Å². The van der Waals surface area contributed by atoms with Crippen molar-refractivity contribution in [1.82, 2.24) is 0 Å². The van der Waals surface area contributed by atoms with Crippen LogP contribution in [-0.2, 0) is 25.7 Å². The molecule has 0 saturated carbocycles. The number of phenols is 1. The summed E-state index contributed by atoms with van der Waals surface area (Å²) in [7, 11) is 0. The third-order valence-electron chi connectivity index (χ3n) is 5.77. The Morgan fingerprint density at radius 1 is 1.21 bits per heavy atom. The zero-order chi connectivity index (χ0) is 21.7. The van der Waals surface area contributed by atoms with Crippen LogP contribution in [0.5, 0.6) is 5.75 Å². The molecule has 1 N–H and O–H groups in total. The third-order valence-corrected chi connectivity index (χ3v) is 5.77. The van der Waals surface area contributed by atoms with Crippen molar-refractivity contribution in [1.29, 1.82) is 0 Å². The van der Waals surface area contributed by atoms with Crippen LogP contribution < -0.4 is 0 Å². The summed E-state index contributed by atoms with van der Waals surface area (Å²) in [6.45, 7) is 11.3. The number of hydrogen-bond acceptors (Lipinski definition) is 5. The molecule has 0 heterocycles. The monoisotopic (exact) mass is 402 g/mol. The number of carbonyl (C=O) groups excluding carboxylic acids is 2. The van der Waals surface area contributed by atoms with Crippen LogP contribution in [-0.4, -0.2) is 23.1 Å². The highest BCUT2D eigenvalue weighted by Gasteiger charge is 2.38. The summed E-state index contributed by atoms with van der Waals surface area (Å²) in [5, 5.41) is 10.8. The molecule has 0 amide bonds. The van der Waals surface area contributed by atoms with Crippen molar-refractivity contribution in [3.8, 4) is 5.75 Å². The summed E-state index contributed by atoms with van der Waals surface area (Å²) in [5.41, 5.74) is 3.99. The number of rotatable bonds is 7. The van der Waals surface area contributed by atoms with Crippen molar-refractivity contribution in [3.05, 3.63) is 40.5 Å². The van der Waals surface area contributed by atoms with E-state index in [1.807, 2.05) is 13.0 Å². The van der Waals surface area contributed by atoms with E-state index < -0.39 is 0 Å². The minimum Gasteiger partial charge on any atom is -0.508 e. The van der Waals surface area contributed by atoms with E-state index in [9.17, 15) is 14.7 Å². The van der Waals surface area contributed by atoms with Gasteiger partial charge in [0.2, 0.25) is 0 Å². The van der Waals surface area contributed by atoms with Crippen LogP contribution in [0.1, 0.15) is 89.3 Å². The van der Waals surface area contributed by atoms with Crippen molar-refractivity contribution in [3.63, 3.8) is 0 Å². The van der Waals surface area contributed by atoms with Gasteiger partial charge in [-0.3, -0.25) is 9.59 Å². The van der Waals surface area contributed by atoms with E-state index in [-0.39, 0.29) is 42.2 Å². The van der Waals surface area contributed by atoms with Crippen molar-refractivity contribution >= 4 is 11.9 Å². The lowest BCUT2D eigenvalue weighted by Gasteiger charge is -2.39. The molecule has 0 fully saturated rings. The third kappa shape index (κ3) is 6.09. The molecule has 1 aliphatic rings. The molecule has 0 radical (unpaired) electrons. The van der Waals surface area contributed by atoms with E-state index in [1.54, 1.807) is 6.07 Å². The maximum Gasteiger partial charge on any atom is 0.302 e. The summed E-state index contributed by atoms with van der Waals surface area (Å²) < 4.78 is 10.8. The fourth-order valence-corrected chi connectivity index (χ4v) is 4.30. The predicted octanol–water partition coefficient (Wildman–Crippen LogP) is 5.36. The van der Waals surface area contributed by atoms with Crippen LogP contribution in [0.25, 0.3) is 0 Å². The average Bonchev–Trinajstić information content (AvgIpc) is 2.61. The molecule has 1 aromatic carbocycles. The van der Waals surface area contributed by atoms with E-state index in [1.165, 1.54) is 19.4 Å². The number of carbonyl (C=O) groups is 2. The molecule has 2 rings (SSSR count). The Bertz CT molecular complexity index is 776. The van der Waals surface area contributed by atoms with Crippen LogP contribution in [0.2, 0.25) is 0 Å². The Hall–Kier alpha value is -2.30. The second kappa shape index (κ2) is 9.95. The molecule has 1 aromatic rings. The summed E-state index contributed by atoms with van der Waals surface area (Å²) >= 11 is 0. The number of hydrogen-bond donors (Lipinski definition) is 1. The second-order valence-electron chi connectivity index (χ2n) is 8.51. The van der Waals surface area contributed by atoms with Crippen molar-refractivity contribution in [2.45, 2.75) is 85.4 Å². The van der Waals surface area contributed by atoms with Crippen LogP contribution in [0.3, 0.4) is 0 Å². The van der Waals surface area contributed by atoms with Gasteiger partial charge in [0, 0.05) is 25.3 Å². The van der Waals surface area contributed by atoms with Crippen molar-refractivity contribution < 1.29 is 24.2 Å². The fourth-order valence-electron chi connectivity index (χ4n) is 4.30. The van der Waals surface area contributed by atoms with E-state index >= 15 is 0 Å². The van der Waals surface area contributed by atoms with Gasteiger partial charge in [-0.1, -0.05) is 31.6 Å². The van der Waals surface area contributed by atoms with Gasteiger partial charge in [-0.05, 0) is 62.1 Å². The molecular weight excluding hydrogens is 368 g/mol.